The summed E-state index contributed by atoms with van der Waals surface area (Å²) in [6.45, 7) is 3.51. The predicted molar refractivity (Wildman–Crippen MR) is 103 cm³/mol. The fourth-order valence-electron chi connectivity index (χ4n) is 2.45. The quantitative estimate of drug-likeness (QED) is 0.550. The lowest BCUT2D eigenvalue weighted by molar-refractivity contribution is 0.333. The lowest BCUT2D eigenvalue weighted by Crippen LogP contribution is -2.11. The van der Waals surface area contributed by atoms with E-state index >= 15 is 0 Å². The molecule has 3 aromatic rings. The molecule has 0 spiro atoms. The summed E-state index contributed by atoms with van der Waals surface area (Å²) in [5, 5.41) is 3.35. The summed E-state index contributed by atoms with van der Waals surface area (Å²) < 4.78 is 11.5. The monoisotopic (exact) mass is 333 g/mol. The summed E-state index contributed by atoms with van der Waals surface area (Å²) in [6.07, 6.45) is 1.05. The van der Waals surface area contributed by atoms with Gasteiger partial charge in [0.2, 0.25) is 0 Å². The van der Waals surface area contributed by atoms with Crippen LogP contribution < -0.4 is 14.8 Å². The van der Waals surface area contributed by atoms with E-state index in [1.165, 1.54) is 5.56 Å². The standard InChI is InChI=1S/C22H23NO2/c1-2-18-8-12-20(13-9-18)24-17-16-23-19-10-14-22(15-11-19)25-21-6-4-3-5-7-21/h3-15,23H,2,16-17H2,1H3. The van der Waals surface area contributed by atoms with Gasteiger partial charge < -0.3 is 14.8 Å². The van der Waals surface area contributed by atoms with Crippen molar-refractivity contribution < 1.29 is 9.47 Å². The summed E-state index contributed by atoms with van der Waals surface area (Å²) in [5.74, 6) is 2.57. The molecule has 3 heteroatoms. The van der Waals surface area contributed by atoms with E-state index in [1.54, 1.807) is 0 Å². The fourth-order valence-corrected chi connectivity index (χ4v) is 2.45. The summed E-state index contributed by atoms with van der Waals surface area (Å²) in [6, 6.07) is 26.0. The van der Waals surface area contributed by atoms with Gasteiger partial charge in [0, 0.05) is 12.2 Å². The zero-order valence-electron chi connectivity index (χ0n) is 14.4. The second kappa shape index (κ2) is 8.78. The van der Waals surface area contributed by atoms with Crippen LogP contribution in [0.2, 0.25) is 0 Å². The molecule has 0 radical (unpaired) electrons. The van der Waals surface area contributed by atoms with Crippen LogP contribution >= 0.6 is 0 Å². The number of nitrogens with one attached hydrogen (secondary N) is 1. The maximum Gasteiger partial charge on any atom is 0.127 e. The van der Waals surface area contributed by atoms with Gasteiger partial charge in [0.25, 0.3) is 0 Å². The van der Waals surface area contributed by atoms with E-state index in [2.05, 4.69) is 24.4 Å². The van der Waals surface area contributed by atoms with Crippen LogP contribution in [0.3, 0.4) is 0 Å². The van der Waals surface area contributed by atoms with Crippen molar-refractivity contribution in [2.45, 2.75) is 13.3 Å². The third-order valence-electron chi connectivity index (χ3n) is 3.86. The van der Waals surface area contributed by atoms with Crippen LogP contribution in [0.5, 0.6) is 17.2 Å². The molecule has 0 aliphatic heterocycles. The zero-order valence-corrected chi connectivity index (χ0v) is 14.4. The Kier molecular flexibility index (Phi) is 5.94. The minimum atomic E-state index is 0.619. The van der Waals surface area contributed by atoms with Gasteiger partial charge in [-0.1, -0.05) is 37.3 Å². The lowest BCUT2D eigenvalue weighted by atomic mass is 10.2. The Labute approximate surface area is 149 Å². The molecule has 25 heavy (non-hydrogen) atoms. The molecule has 128 valence electrons. The number of ether oxygens (including phenoxy) is 2. The molecular weight excluding hydrogens is 310 g/mol. The van der Waals surface area contributed by atoms with E-state index in [0.29, 0.717) is 6.61 Å². The number of hydrogen-bond acceptors (Lipinski definition) is 3. The lowest BCUT2D eigenvalue weighted by Gasteiger charge is -2.10. The molecule has 0 amide bonds. The van der Waals surface area contributed by atoms with Crippen molar-refractivity contribution >= 4 is 5.69 Å². The molecule has 0 saturated carbocycles. The van der Waals surface area contributed by atoms with Gasteiger partial charge in [-0.05, 0) is 60.5 Å². The van der Waals surface area contributed by atoms with Crippen molar-refractivity contribution in [2.75, 3.05) is 18.5 Å². The molecule has 0 aromatic heterocycles. The van der Waals surface area contributed by atoms with Gasteiger partial charge in [0.15, 0.2) is 0 Å². The van der Waals surface area contributed by atoms with Gasteiger partial charge in [-0.25, -0.2) is 0 Å². The second-order valence-corrected chi connectivity index (χ2v) is 5.71. The van der Waals surface area contributed by atoms with Crippen LogP contribution in [-0.2, 0) is 6.42 Å². The molecule has 0 aliphatic rings. The first-order chi connectivity index (χ1) is 12.3. The van der Waals surface area contributed by atoms with Gasteiger partial charge >= 0.3 is 0 Å². The van der Waals surface area contributed by atoms with Gasteiger partial charge in [-0.2, -0.15) is 0 Å². The van der Waals surface area contributed by atoms with E-state index in [-0.39, 0.29) is 0 Å². The molecule has 1 N–H and O–H groups in total. The first-order valence-corrected chi connectivity index (χ1v) is 8.62. The summed E-state index contributed by atoms with van der Waals surface area (Å²) in [7, 11) is 0. The van der Waals surface area contributed by atoms with E-state index in [1.807, 2.05) is 66.7 Å². The molecule has 3 rings (SSSR count). The van der Waals surface area contributed by atoms with Crippen LogP contribution in [0.15, 0.2) is 78.9 Å². The molecule has 0 fully saturated rings. The Morgan fingerprint density at radius 3 is 2.04 bits per heavy atom. The predicted octanol–water partition coefficient (Wildman–Crippen LogP) is 5.53. The van der Waals surface area contributed by atoms with Crippen LogP contribution in [-0.4, -0.2) is 13.2 Å². The summed E-state index contributed by atoms with van der Waals surface area (Å²) >= 11 is 0. The average molecular weight is 333 g/mol. The summed E-state index contributed by atoms with van der Waals surface area (Å²) in [5.41, 5.74) is 2.37. The Morgan fingerprint density at radius 1 is 0.720 bits per heavy atom. The zero-order chi connectivity index (χ0) is 17.3. The molecule has 0 unspecified atom stereocenters. The van der Waals surface area contributed by atoms with Crippen molar-refractivity contribution in [1.29, 1.82) is 0 Å². The highest BCUT2D eigenvalue weighted by Crippen LogP contribution is 2.22. The number of benzene rings is 3. The molecular formula is C22H23NO2. The highest BCUT2D eigenvalue weighted by Gasteiger charge is 1.98. The first-order valence-electron chi connectivity index (χ1n) is 8.62. The Balaban J connectivity index is 1.42. The Morgan fingerprint density at radius 2 is 1.36 bits per heavy atom. The Hall–Kier alpha value is -2.94. The summed E-state index contributed by atoms with van der Waals surface area (Å²) in [4.78, 5) is 0. The molecule has 3 nitrogen and oxygen atoms in total. The van der Waals surface area contributed by atoms with Gasteiger partial charge in [0.05, 0.1) is 0 Å². The van der Waals surface area contributed by atoms with E-state index in [0.717, 1.165) is 35.9 Å². The van der Waals surface area contributed by atoms with Crippen molar-refractivity contribution in [3.8, 4) is 17.2 Å². The van der Waals surface area contributed by atoms with Gasteiger partial charge in [0.1, 0.15) is 23.9 Å². The van der Waals surface area contributed by atoms with Crippen LogP contribution in [0.1, 0.15) is 12.5 Å². The molecule has 0 saturated heterocycles. The largest absolute Gasteiger partial charge is 0.492 e. The Bertz CT molecular complexity index is 752. The van der Waals surface area contributed by atoms with Crippen molar-refractivity contribution in [3.05, 3.63) is 84.4 Å². The number of anilines is 1. The minimum Gasteiger partial charge on any atom is -0.492 e. The van der Waals surface area contributed by atoms with Gasteiger partial charge in [-0.15, -0.1) is 0 Å². The van der Waals surface area contributed by atoms with Gasteiger partial charge in [-0.3, -0.25) is 0 Å². The normalized spacial score (nSPS) is 10.3. The average Bonchev–Trinajstić information content (AvgIpc) is 2.68. The van der Waals surface area contributed by atoms with Crippen molar-refractivity contribution in [2.24, 2.45) is 0 Å². The maximum absolute atomic E-state index is 5.78. The molecule has 0 atom stereocenters. The van der Waals surface area contributed by atoms with Crippen LogP contribution in [0, 0.1) is 0 Å². The van der Waals surface area contributed by atoms with E-state index in [9.17, 15) is 0 Å². The molecule has 3 aromatic carbocycles. The minimum absolute atomic E-state index is 0.619. The third-order valence-corrected chi connectivity index (χ3v) is 3.86. The topological polar surface area (TPSA) is 30.5 Å². The third kappa shape index (κ3) is 5.28. The van der Waals surface area contributed by atoms with Crippen LogP contribution in [0.4, 0.5) is 5.69 Å². The molecule has 0 bridgehead atoms. The second-order valence-electron chi connectivity index (χ2n) is 5.71. The maximum atomic E-state index is 5.78. The SMILES string of the molecule is CCc1ccc(OCCNc2ccc(Oc3ccccc3)cc2)cc1. The van der Waals surface area contributed by atoms with E-state index in [4.69, 9.17) is 9.47 Å². The number of aryl methyl sites for hydroxylation is 1. The highest BCUT2D eigenvalue weighted by molar-refractivity contribution is 5.47. The fraction of sp³-hybridized carbons (Fsp3) is 0.182. The number of hydrogen-bond donors (Lipinski definition) is 1. The van der Waals surface area contributed by atoms with Crippen molar-refractivity contribution in [3.63, 3.8) is 0 Å². The first kappa shape index (κ1) is 16.9. The van der Waals surface area contributed by atoms with Crippen LogP contribution in [0.25, 0.3) is 0 Å². The molecule has 0 heterocycles. The number of para-hydroxylation sites is 1. The highest BCUT2D eigenvalue weighted by atomic mass is 16.5. The van der Waals surface area contributed by atoms with E-state index < -0.39 is 0 Å². The smallest absolute Gasteiger partial charge is 0.127 e. The molecule has 0 aliphatic carbocycles. The van der Waals surface area contributed by atoms with Crippen molar-refractivity contribution in [1.82, 2.24) is 0 Å². The number of rotatable bonds is 8.